The molecule has 0 heterocycles. The molecule has 2 aromatic rings. The van der Waals surface area contributed by atoms with E-state index in [1.165, 1.54) is 0 Å². The summed E-state index contributed by atoms with van der Waals surface area (Å²) in [4.78, 5) is 12.5. The molecular weight excluding hydrogens is 336 g/mol. The second-order valence-corrected chi connectivity index (χ2v) is 8.33. The van der Waals surface area contributed by atoms with E-state index in [9.17, 15) is 13.2 Å². The van der Waals surface area contributed by atoms with E-state index in [4.69, 9.17) is 0 Å². The molecule has 0 aliphatic heterocycles. The van der Waals surface area contributed by atoms with E-state index in [1.54, 1.807) is 6.07 Å². The summed E-state index contributed by atoms with van der Waals surface area (Å²) < 4.78 is 25.6. The van der Waals surface area contributed by atoms with Crippen molar-refractivity contribution in [2.75, 3.05) is 22.4 Å². The molecule has 1 amide bonds. The average molecular weight is 360 g/mol. The lowest BCUT2D eigenvalue weighted by Gasteiger charge is -2.24. The third-order valence-corrected chi connectivity index (χ3v) is 5.10. The van der Waals surface area contributed by atoms with Gasteiger partial charge in [-0.1, -0.05) is 29.8 Å². The lowest BCUT2D eigenvalue weighted by Crippen LogP contribution is -2.38. The first-order valence-electron chi connectivity index (χ1n) is 8.00. The van der Waals surface area contributed by atoms with Crippen molar-refractivity contribution >= 4 is 27.3 Å². The molecule has 0 atom stereocenters. The predicted molar refractivity (Wildman–Crippen MR) is 103 cm³/mol. The highest BCUT2D eigenvalue weighted by atomic mass is 32.2. The molecule has 25 heavy (non-hydrogen) atoms. The Labute approximate surface area is 149 Å². The van der Waals surface area contributed by atoms with Crippen molar-refractivity contribution in [3.05, 3.63) is 58.7 Å². The van der Waals surface area contributed by atoms with E-state index >= 15 is 0 Å². The van der Waals surface area contributed by atoms with Gasteiger partial charge in [-0.15, -0.1) is 0 Å². The van der Waals surface area contributed by atoms with Gasteiger partial charge in [-0.25, -0.2) is 8.42 Å². The minimum Gasteiger partial charge on any atom is -0.324 e. The molecule has 0 fully saturated rings. The largest absolute Gasteiger partial charge is 0.324 e. The summed E-state index contributed by atoms with van der Waals surface area (Å²) in [7, 11) is -3.59. The molecular formula is C19H24N2O3S. The van der Waals surface area contributed by atoms with Gasteiger partial charge in [-0.2, -0.15) is 0 Å². The first kappa shape index (κ1) is 19.0. The van der Waals surface area contributed by atoms with Crippen LogP contribution in [0.4, 0.5) is 11.4 Å². The Hall–Kier alpha value is -2.34. The number of nitrogens with one attached hydrogen (secondary N) is 1. The van der Waals surface area contributed by atoms with E-state index in [2.05, 4.69) is 5.32 Å². The van der Waals surface area contributed by atoms with E-state index in [0.717, 1.165) is 32.8 Å². The lowest BCUT2D eigenvalue weighted by atomic mass is 10.1. The summed E-state index contributed by atoms with van der Waals surface area (Å²) in [5.74, 6) is -0.376. The summed E-state index contributed by atoms with van der Waals surface area (Å²) >= 11 is 0. The van der Waals surface area contributed by atoms with Gasteiger partial charge in [0.1, 0.15) is 6.54 Å². The van der Waals surface area contributed by atoms with Crippen LogP contribution in [0.1, 0.15) is 22.3 Å². The van der Waals surface area contributed by atoms with Gasteiger partial charge < -0.3 is 5.32 Å². The van der Waals surface area contributed by atoms with Crippen molar-refractivity contribution in [1.82, 2.24) is 0 Å². The van der Waals surface area contributed by atoms with Crippen LogP contribution < -0.4 is 9.62 Å². The van der Waals surface area contributed by atoms with Crippen LogP contribution >= 0.6 is 0 Å². The van der Waals surface area contributed by atoms with Crippen LogP contribution in [-0.4, -0.2) is 27.1 Å². The summed E-state index contributed by atoms with van der Waals surface area (Å²) in [5.41, 5.74) is 5.01. The Kier molecular flexibility index (Phi) is 5.52. The van der Waals surface area contributed by atoms with Crippen molar-refractivity contribution in [3.8, 4) is 0 Å². The average Bonchev–Trinajstić information content (AvgIpc) is 2.48. The Bertz CT molecular complexity index is 905. The number of carbonyl (C=O) groups excluding carboxylic acids is 1. The van der Waals surface area contributed by atoms with Crippen LogP contribution in [0.2, 0.25) is 0 Å². The number of rotatable bonds is 5. The highest BCUT2D eigenvalue weighted by Crippen LogP contribution is 2.24. The smallest absolute Gasteiger partial charge is 0.245 e. The Morgan fingerprint density at radius 1 is 0.960 bits per heavy atom. The molecule has 2 aromatic carbocycles. The van der Waals surface area contributed by atoms with Crippen molar-refractivity contribution in [1.29, 1.82) is 0 Å². The van der Waals surface area contributed by atoms with Crippen molar-refractivity contribution in [2.24, 2.45) is 0 Å². The molecule has 0 unspecified atom stereocenters. The minimum absolute atomic E-state index is 0.268. The van der Waals surface area contributed by atoms with E-state index in [-0.39, 0.29) is 12.5 Å². The molecule has 0 bridgehead atoms. The highest BCUT2D eigenvalue weighted by molar-refractivity contribution is 7.92. The van der Waals surface area contributed by atoms with Gasteiger partial charge in [0.15, 0.2) is 0 Å². The van der Waals surface area contributed by atoms with Crippen LogP contribution in [0.15, 0.2) is 36.4 Å². The van der Waals surface area contributed by atoms with Crippen LogP contribution in [0.25, 0.3) is 0 Å². The Balaban J connectivity index is 2.28. The summed E-state index contributed by atoms with van der Waals surface area (Å²) in [5, 5.41) is 2.81. The number of sulfonamides is 1. The number of nitrogens with zero attached hydrogens (tertiary/aromatic N) is 1. The molecule has 134 valence electrons. The number of benzene rings is 2. The van der Waals surface area contributed by atoms with Gasteiger partial charge in [-0.05, 0) is 56.5 Å². The van der Waals surface area contributed by atoms with Gasteiger partial charge in [0, 0.05) is 5.69 Å². The molecule has 0 radical (unpaired) electrons. The van der Waals surface area contributed by atoms with Crippen LogP contribution in [-0.2, 0) is 14.8 Å². The normalized spacial score (nSPS) is 11.2. The fraction of sp³-hybridized carbons (Fsp3) is 0.316. The van der Waals surface area contributed by atoms with E-state index in [0.29, 0.717) is 11.4 Å². The topological polar surface area (TPSA) is 66.5 Å². The number of hydrogen-bond acceptors (Lipinski definition) is 3. The third-order valence-electron chi connectivity index (χ3n) is 3.98. The van der Waals surface area contributed by atoms with Gasteiger partial charge >= 0.3 is 0 Å². The minimum atomic E-state index is -3.59. The van der Waals surface area contributed by atoms with Crippen LogP contribution in [0, 0.1) is 27.7 Å². The zero-order chi connectivity index (χ0) is 18.8. The van der Waals surface area contributed by atoms with Crippen molar-refractivity contribution < 1.29 is 13.2 Å². The Morgan fingerprint density at radius 3 is 2.16 bits per heavy atom. The van der Waals surface area contributed by atoms with Crippen molar-refractivity contribution in [2.45, 2.75) is 27.7 Å². The molecule has 1 N–H and O–H groups in total. The molecule has 0 aromatic heterocycles. The monoisotopic (exact) mass is 360 g/mol. The standard InChI is InChI=1S/C19H24N2O3S/c1-13-7-9-18(16(4)10-13)21(25(5,23)24)12-19(22)20-17-11-14(2)6-8-15(17)3/h6-11H,12H2,1-5H3,(H,20,22). The second kappa shape index (κ2) is 7.27. The maximum absolute atomic E-state index is 12.5. The maximum atomic E-state index is 12.5. The second-order valence-electron chi connectivity index (χ2n) is 6.43. The zero-order valence-electron chi connectivity index (χ0n) is 15.3. The Morgan fingerprint density at radius 2 is 1.56 bits per heavy atom. The first-order chi connectivity index (χ1) is 11.6. The van der Waals surface area contributed by atoms with Gasteiger partial charge in [0.2, 0.25) is 15.9 Å². The highest BCUT2D eigenvalue weighted by Gasteiger charge is 2.22. The van der Waals surface area contributed by atoms with Crippen molar-refractivity contribution in [3.63, 3.8) is 0 Å². The predicted octanol–water partition coefficient (Wildman–Crippen LogP) is 3.32. The number of aryl methyl sites for hydroxylation is 4. The fourth-order valence-electron chi connectivity index (χ4n) is 2.66. The quantitative estimate of drug-likeness (QED) is 0.889. The van der Waals surface area contributed by atoms with E-state index < -0.39 is 10.0 Å². The fourth-order valence-corrected chi connectivity index (χ4v) is 3.57. The third kappa shape index (κ3) is 4.82. The number of carbonyl (C=O) groups is 1. The van der Waals surface area contributed by atoms with Crippen LogP contribution in [0.3, 0.4) is 0 Å². The number of amides is 1. The van der Waals surface area contributed by atoms with E-state index in [1.807, 2.05) is 58.0 Å². The summed E-state index contributed by atoms with van der Waals surface area (Å²) in [6.45, 7) is 7.34. The molecule has 0 aliphatic rings. The molecule has 0 spiro atoms. The molecule has 2 rings (SSSR count). The number of hydrogen-bond donors (Lipinski definition) is 1. The number of anilines is 2. The molecule has 5 nitrogen and oxygen atoms in total. The molecule has 0 saturated carbocycles. The van der Waals surface area contributed by atoms with Gasteiger partial charge in [0.05, 0.1) is 11.9 Å². The molecule has 6 heteroatoms. The van der Waals surface area contributed by atoms with Crippen LogP contribution in [0.5, 0.6) is 0 Å². The summed E-state index contributed by atoms with van der Waals surface area (Å²) in [6, 6.07) is 11.2. The SMILES string of the molecule is Cc1ccc(N(CC(=O)Nc2cc(C)ccc2C)S(C)(=O)=O)c(C)c1. The zero-order valence-corrected chi connectivity index (χ0v) is 16.1. The molecule has 0 saturated heterocycles. The maximum Gasteiger partial charge on any atom is 0.245 e. The lowest BCUT2D eigenvalue weighted by molar-refractivity contribution is -0.114. The molecule has 0 aliphatic carbocycles. The summed E-state index contributed by atoms with van der Waals surface area (Å²) in [6.07, 6.45) is 1.11. The van der Waals surface area contributed by atoms with Gasteiger partial charge in [-0.3, -0.25) is 9.10 Å². The first-order valence-corrected chi connectivity index (χ1v) is 9.85. The van der Waals surface area contributed by atoms with Gasteiger partial charge in [0.25, 0.3) is 0 Å².